The summed E-state index contributed by atoms with van der Waals surface area (Å²) in [5, 5.41) is 13.2. The minimum Gasteiger partial charge on any atom is -0.361 e. The number of aryl methyl sites for hydroxylation is 1. The lowest BCUT2D eigenvalue weighted by atomic mass is 10.2. The van der Waals surface area contributed by atoms with E-state index in [0.717, 1.165) is 11.3 Å². The van der Waals surface area contributed by atoms with E-state index in [0.29, 0.717) is 11.6 Å². The number of aromatic amines is 1. The van der Waals surface area contributed by atoms with E-state index in [9.17, 15) is 4.79 Å². The number of nitrogens with zero attached hydrogens (tertiary/aromatic N) is 3. The van der Waals surface area contributed by atoms with Gasteiger partial charge in [-0.25, -0.2) is 0 Å². The van der Waals surface area contributed by atoms with E-state index in [1.807, 2.05) is 12.1 Å². The molecule has 0 saturated heterocycles. The summed E-state index contributed by atoms with van der Waals surface area (Å²) in [7, 11) is 0. The van der Waals surface area contributed by atoms with Crippen LogP contribution in [0.3, 0.4) is 0 Å². The van der Waals surface area contributed by atoms with Gasteiger partial charge in [0, 0.05) is 30.1 Å². The first-order valence-corrected chi connectivity index (χ1v) is 5.93. The molecule has 0 aliphatic carbocycles. The summed E-state index contributed by atoms with van der Waals surface area (Å²) in [6.45, 7) is 1.72. The van der Waals surface area contributed by atoms with Crippen LogP contribution in [0.1, 0.15) is 16.2 Å². The molecule has 3 aromatic rings. The molecule has 3 aromatic heterocycles. The van der Waals surface area contributed by atoms with Crippen molar-refractivity contribution in [3.63, 3.8) is 0 Å². The Labute approximate surface area is 114 Å². The third-order valence-electron chi connectivity index (χ3n) is 2.67. The first kappa shape index (κ1) is 12.1. The fraction of sp³-hybridized carbons (Fsp3) is 0.0769. The van der Waals surface area contributed by atoms with Gasteiger partial charge in [-0.2, -0.15) is 5.10 Å². The number of H-pyrrole nitrogens is 1. The Kier molecular flexibility index (Phi) is 3.00. The molecule has 0 aliphatic rings. The van der Waals surface area contributed by atoms with Crippen LogP contribution in [0.2, 0.25) is 0 Å². The number of amides is 1. The maximum atomic E-state index is 11.9. The van der Waals surface area contributed by atoms with E-state index in [1.165, 1.54) is 0 Å². The maximum absolute atomic E-state index is 11.9. The molecular formula is C13H11N5O2. The summed E-state index contributed by atoms with van der Waals surface area (Å²) in [6, 6.07) is 6.99. The highest BCUT2D eigenvalue weighted by Gasteiger charge is 2.13. The maximum Gasteiger partial charge on any atom is 0.279 e. The monoisotopic (exact) mass is 269 g/mol. The normalized spacial score (nSPS) is 10.4. The van der Waals surface area contributed by atoms with Crippen molar-refractivity contribution in [2.75, 3.05) is 5.32 Å². The fourth-order valence-corrected chi connectivity index (χ4v) is 1.72. The van der Waals surface area contributed by atoms with E-state index in [1.54, 1.807) is 31.5 Å². The van der Waals surface area contributed by atoms with Gasteiger partial charge in [-0.15, -0.1) is 0 Å². The van der Waals surface area contributed by atoms with Crippen molar-refractivity contribution in [1.82, 2.24) is 20.3 Å². The van der Waals surface area contributed by atoms with Gasteiger partial charge < -0.3 is 9.84 Å². The highest BCUT2D eigenvalue weighted by atomic mass is 16.5. The zero-order chi connectivity index (χ0) is 13.9. The topological polar surface area (TPSA) is 96.7 Å². The Hall–Kier alpha value is -2.96. The Morgan fingerprint density at radius 2 is 2.10 bits per heavy atom. The molecule has 0 bridgehead atoms. The van der Waals surface area contributed by atoms with Crippen molar-refractivity contribution in [3.05, 3.63) is 48.1 Å². The van der Waals surface area contributed by atoms with E-state index in [4.69, 9.17) is 4.52 Å². The number of aromatic nitrogens is 4. The average Bonchev–Trinajstić information content (AvgIpc) is 3.09. The minimum atomic E-state index is -0.366. The van der Waals surface area contributed by atoms with E-state index in [-0.39, 0.29) is 11.6 Å². The zero-order valence-corrected chi connectivity index (χ0v) is 10.6. The highest BCUT2D eigenvalue weighted by Crippen LogP contribution is 2.18. The van der Waals surface area contributed by atoms with Crippen molar-refractivity contribution in [3.8, 4) is 11.3 Å². The van der Waals surface area contributed by atoms with Crippen LogP contribution in [0.4, 0.5) is 5.82 Å². The average molecular weight is 269 g/mol. The summed E-state index contributed by atoms with van der Waals surface area (Å²) in [6.07, 6.45) is 3.37. The molecule has 0 radical (unpaired) electrons. The van der Waals surface area contributed by atoms with Gasteiger partial charge in [-0.05, 0) is 19.1 Å². The third-order valence-corrected chi connectivity index (χ3v) is 2.67. The molecule has 1 amide bonds. The molecule has 3 heterocycles. The molecule has 100 valence electrons. The van der Waals surface area contributed by atoms with Crippen LogP contribution < -0.4 is 5.32 Å². The second-order valence-corrected chi connectivity index (χ2v) is 4.18. The zero-order valence-electron chi connectivity index (χ0n) is 10.6. The van der Waals surface area contributed by atoms with Crippen LogP contribution in [-0.4, -0.2) is 26.2 Å². The summed E-state index contributed by atoms with van der Waals surface area (Å²) < 4.78 is 4.85. The number of anilines is 1. The van der Waals surface area contributed by atoms with Crippen LogP contribution in [0, 0.1) is 6.92 Å². The second-order valence-electron chi connectivity index (χ2n) is 4.18. The van der Waals surface area contributed by atoms with Gasteiger partial charge in [-0.3, -0.25) is 14.9 Å². The van der Waals surface area contributed by atoms with Gasteiger partial charge >= 0.3 is 0 Å². The van der Waals surface area contributed by atoms with Gasteiger partial charge in [0.25, 0.3) is 5.91 Å². The van der Waals surface area contributed by atoms with Crippen LogP contribution >= 0.6 is 0 Å². The lowest BCUT2D eigenvalue weighted by Crippen LogP contribution is -2.12. The van der Waals surface area contributed by atoms with Crippen LogP contribution in [0.15, 0.2) is 41.2 Å². The summed E-state index contributed by atoms with van der Waals surface area (Å²) in [5.74, 6) is 0.631. The molecule has 20 heavy (non-hydrogen) atoms. The largest absolute Gasteiger partial charge is 0.361 e. The summed E-state index contributed by atoms with van der Waals surface area (Å²) in [5.41, 5.74) is 1.94. The van der Waals surface area contributed by atoms with Crippen molar-refractivity contribution in [1.29, 1.82) is 0 Å². The standard InChI is InChI=1S/C13H11N5O2/c1-8-6-11(18-20-8)13(19)15-12-7-10(16-17-12)9-2-4-14-5-3-9/h2-7H,1H3,(H2,15,16,17,19). The number of hydrogen-bond donors (Lipinski definition) is 2. The predicted molar refractivity (Wildman–Crippen MR) is 71.0 cm³/mol. The summed E-state index contributed by atoms with van der Waals surface area (Å²) in [4.78, 5) is 15.8. The molecule has 0 atom stereocenters. The van der Waals surface area contributed by atoms with Crippen molar-refractivity contribution in [2.45, 2.75) is 6.92 Å². The van der Waals surface area contributed by atoms with E-state index < -0.39 is 0 Å². The number of carbonyl (C=O) groups excluding carboxylic acids is 1. The molecule has 0 saturated carbocycles. The Morgan fingerprint density at radius 3 is 2.80 bits per heavy atom. The number of rotatable bonds is 3. The van der Waals surface area contributed by atoms with Gasteiger partial charge in [0.2, 0.25) is 0 Å². The van der Waals surface area contributed by atoms with Gasteiger partial charge in [0.05, 0.1) is 5.69 Å². The first-order valence-electron chi connectivity index (χ1n) is 5.93. The molecule has 0 fully saturated rings. The smallest absolute Gasteiger partial charge is 0.279 e. The van der Waals surface area contributed by atoms with Crippen molar-refractivity contribution >= 4 is 11.7 Å². The summed E-state index contributed by atoms with van der Waals surface area (Å²) >= 11 is 0. The molecule has 3 rings (SSSR count). The predicted octanol–water partition coefficient (Wildman–Crippen LogP) is 2.02. The Morgan fingerprint density at radius 1 is 1.30 bits per heavy atom. The molecule has 7 heteroatoms. The van der Waals surface area contributed by atoms with Gasteiger partial charge in [0.15, 0.2) is 11.5 Å². The number of carbonyl (C=O) groups is 1. The van der Waals surface area contributed by atoms with Crippen LogP contribution in [0.5, 0.6) is 0 Å². The third kappa shape index (κ3) is 2.41. The number of pyridine rings is 1. The van der Waals surface area contributed by atoms with Crippen LogP contribution in [-0.2, 0) is 0 Å². The van der Waals surface area contributed by atoms with E-state index in [2.05, 4.69) is 25.7 Å². The SMILES string of the molecule is Cc1cc(C(=O)Nc2cc(-c3ccncc3)[nH]n2)no1. The molecule has 0 aromatic carbocycles. The second kappa shape index (κ2) is 4.96. The van der Waals surface area contributed by atoms with Crippen molar-refractivity contribution in [2.24, 2.45) is 0 Å². The Balaban J connectivity index is 1.76. The molecule has 0 aliphatic heterocycles. The van der Waals surface area contributed by atoms with Crippen LogP contribution in [0.25, 0.3) is 11.3 Å². The van der Waals surface area contributed by atoms with E-state index >= 15 is 0 Å². The quantitative estimate of drug-likeness (QED) is 0.758. The van der Waals surface area contributed by atoms with Gasteiger partial charge in [0.1, 0.15) is 5.76 Å². The number of nitrogens with one attached hydrogen (secondary N) is 2. The molecule has 0 spiro atoms. The van der Waals surface area contributed by atoms with Crippen molar-refractivity contribution < 1.29 is 9.32 Å². The van der Waals surface area contributed by atoms with Gasteiger partial charge in [-0.1, -0.05) is 5.16 Å². The lowest BCUT2D eigenvalue weighted by Gasteiger charge is -1.96. The highest BCUT2D eigenvalue weighted by molar-refractivity contribution is 6.02. The first-order chi connectivity index (χ1) is 9.72. The number of hydrogen-bond acceptors (Lipinski definition) is 5. The molecule has 0 unspecified atom stereocenters. The molecule has 7 nitrogen and oxygen atoms in total. The molecule has 2 N–H and O–H groups in total. The molecular weight excluding hydrogens is 258 g/mol. The Bertz CT molecular complexity index is 732. The fourth-order valence-electron chi connectivity index (χ4n) is 1.72. The lowest BCUT2D eigenvalue weighted by molar-refractivity contribution is 0.101. The minimum absolute atomic E-state index is 0.218.